The van der Waals surface area contributed by atoms with Crippen molar-refractivity contribution in [2.45, 2.75) is 122 Å². The molecule has 1 aromatic heterocycles. The molecule has 0 radical (unpaired) electrons. The van der Waals surface area contributed by atoms with Crippen molar-refractivity contribution in [2.24, 2.45) is 0 Å². The van der Waals surface area contributed by atoms with Crippen molar-refractivity contribution >= 4 is 5.95 Å². The standard InChI is InChI=1S/C24H45N3/c1-2-3-4-5-6-7-8-9-10-11-12-13-14-15-16-17-18-19-21-25-24-26-22-20-23-27-24/h20,22-23H,2-19,21H2,1H3,(H,25,26,27). The Kier molecular flexibility index (Phi) is 17.4. The molecule has 0 unspecified atom stereocenters. The molecule has 156 valence electrons. The van der Waals surface area contributed by atoms with Crippen molar-refractivity contribution in [3.8, 4) is 0 Å². The molecule has 0 spiro atoms. The minimum Gasteiger partial charge on any atom is -0.354 e. The first-order chi connectivity index (χ1) is 13.4. The monoisotopic (exact) mass is 375 g/mol. The second-order valence-corrected chi connectivity index (χ2v) is 8.01. The van der Waals surface area contributed by atoms with E-state index in [-0.39, 0.29) is 0 Å². The smallest absolute Gasteiger partial charge is 0.222 e. The zero-order valence-corrected chi connectivity index (χ0v) is 18.1. The number of nitrogens with zero attached hydrogens (tertiary/aromatic N) is 2. The van der Waals surface area contributed by atoms with Crippen LogP contribution in [0.3, 0.4) is 0 Å². The number of anilines is 1. The first kappa shape index (κ1) is 23.9. The topological polar surface area (TPSA) is 37.8 Å². The second kappa shape index (κ2) is 19.6. The van der Waals surface area contributed by atoms with Crippen LogP contribution in [-0.2, 0) is 0 Å². The number of rotatable bonds is 20. The molecule has 0 aliphatic rings. The van der Waals surface area contributed by atoms with Gasteiger partial charge in [-0.15, -0.1) is 0 Å². The Hall–Kier alpha value is -1.12. The summed E-state index contributed by atoms with van der Waals surface area (Å²) in [6, 6.07) is 1.85. The van der Waals surface area contributed by atoms with Gasteiger partial charge >= 0.3 is 0 Å². The van der Waals surface area contributed by atoms with E-state index in [1.165, 1.54) is 116 Å². The van der Waals surface area contributed by atoms with Crippen LogP contribution in [0.25, 0.3) is 0 Å². The molecule has 27 heavy (non-hydrogen) atoms. The molecule has 0 bridgehead atoms. The van der Waals surface area contributed by atoms with E-state index < -0.39 is 0 Å². The molecule has 0 aliphatic carbocycles. The molecule has 1 heterocycles. The van der Waals surface area contributed by atoms with Crippen LogP contribution in [0.2, 0.25) is 0 Å². The molecule has 0 aliphatic heterocycles. The highest BCUT2D eigenvalue weighted by atomic mass is 15.1. The summed E-state index contributed by atoms with van der Waals surface area (Å²) in [7, 11) is 0. The van der Waals surface area contributed by atoms with Gasteiger partial charge in [0.15, 0.2) is 0 Å². The lowest BCUT2D eigenvalue weighted by Gasteiger charge is -2.05. The predicted molar refractivity (Wildman–Crippen MR) is 119 cm³/mol. The third-order valence-electron chi connectivity index (χ3n) is 5.38. The van der Waals surface area contributed by atoms with Gasteiger partial charge in [-0.2, -0.15) is 0 Å². The molecule has 0 amide bonds. The van der Waals surface area contributed by atoms with Crippen molar-refractivity contribution in [3.63, 3.8) is 0 Å². The van der Waals surface area contributed by atoms with Gasteiger partial charge in [-0.3, -0.25) is 0 Å². The van der Waals surface area contributed by atoms with Crippen molar-refractivity contribution in [1.29, 1.82) is 0 Å². The van der Waals surface area contributed by atoms with Gasteiger partial charge in [0.05, 0.1) is 0 Å². The molecule has 0 saturated carbocycles. The van der Waals surface area contributed by atoms with Crippen molar-refractivity contribution in [2.75, 3.05) is 11.9 Å². The van der Waals surface area contributed by atoms with Crippen molar-refractivity contribution < 1.29 is 0 Å². The largest absolute Gasteiger partial charge is 0.354 e. The summed E-state index contributed by atoms with van der Waals surface area (Å²) >= 11 is 0. The first-order valence-electron chi connectivity index (χ1n) is 11.9. The predicted octanol–water partition coefficient (Wildman–Crippen LogP) is 7.93. The van der Waals surface area contributed by atoms with Crippen LogP contribution in [-0.4, -0.2) is 16.5 Å². The highest BCUT2D eigenvalue weighted by molar-refractivity contribution is 5.21. The Morgan fingerprint density at radius 2 is 0.926 bits per heavy atom. The Morgan fingerprint density at radius 3 is 1.33 bits per heavy atom. The van der Waals surface area contributed by atoms with Gasteiger partial charge in [0.2, 0.25) is 5.95 Å². The minimum absolute atomic E-state index is 0.754. The zero-order valence-electron chi connectivity index (χ0n) is 18.1. The molecule has 1 N–H and O–H groups in total. The van der Waals surface area contributed by atoms with Gasteiger partial charge < -0.3 is 5.32 Å². The Morgan fingerprint density at radius 1 is 0.556 bits per heavy atom. The summed E-state index contributed by atoms with van der Waals surface area (Å²) in [5.74, 6) is 0.754. The fraction of sp³-hybridized carbons (Fsp3) is 0.833. The van der Waals surface area contributed by atoms with Gasteiger partial charge in [-0.1, -0.05) is 116 Å². The van der Waals surface area contributed by atoms with Gasteiger partial charge in [0.1, 0.15) is 0 Å². The Labute approximate surface area is 169 Å². The summed E-state index contributed by atoms with van der Waals surface area (Å²) in [5, 5.41) is 3.28. The number of hydrogen-bond acceptors (Lipinski definition) is 3. The maximum Gasteiger partial charge on any atom is 0.222 e. The Balaban J connectivity index is 1.67. The number of nitrogens with one attached hydrogen (secondary N) is 1. The van der Waals surface area contributed by atoms with Gasteiger partial charge in [-0.05, 0) is 12.5 Å². The van der Waals surface area contributed by atoms with Crippen LogP contribution >= 0.6 is 0 Å². The van der Waals surface area contributed by atoms with E-state index in [1.807, 2.05) is 6.07 Å². The molecular formula is C24H45N3. The molecular weight excluding hydrogens is 330 g/mol. The van der Waals surface area contributed by atoms with Crippen LogP contribution in [0.15, 0.2) is 18.5 Å². The summed E-state index contributed by atoms with van der Waals surface area (Å²) in [6.45, 7) is 3.28. The maximum atomic E-state index is 4.17. The number of hydrogen-bond donors (Lipinski definition) is 1. The third kappa shape index (κ3) is 16.8. The van der Waals surface area contributed by atoms with E-state index in [0.717, 1.165) is 12.5 Å². The molecule has 0 saturated heterocycles. The SMILES string of the molecule is CCCCCCCCCCCCCCCCCCCCNc1ncccn1. The number of aromatic nitrogens is 2. The normalized spacial score (nSPS) is 11.0. The summed E-state index contributed by atoms with van der Waals surface area (Å²) in [5.41, 5.74) is 0. The third-order valence-corrected chi connectivity index (χ3v) is 5.38. The highest BCUT2D eigenvalue weighted by Crippen LogP contribution is 2.14. The van der Waals surface area contributed by atoms with E-state index in [9.17, 15) is 0 Å². The van der Waals surface area contributed by atoms with E-state index in [0.29, 0.717) is 0 Å². The molecule has 3 nitrogen and oxygen atoms in total. The second-order valence-electron chi connectivity index (χ2n) is 8.01. The van der Waals surface area contributed by atoms with Gasteiger partial charge in [0.25, 0.3) is 0 Å². The minimum atomic E-state index is 0.754. The van der Waals surface area contributed by atoms with E-state index in [1.54, 1.807) is 12.4 Å². The van der Waals surface area contributed by atoms with Crippen LogP contribution in [0, 0.1) is 0 Å². The van der Waals surface area contributed by atoms with Crippen LogP contribution in [0.4, 0.5) is 5.95 Å². The van der Waals surface area contributed by atoms with Gasteiger partial charge in [0, 0.05) is 18.9 Å². The van der Waals surface area contributed by atoms with Crippen LogP contribution in [0.5, 0.6) is 0 Å². The molecule has 0 atom stereocenters. The fourth-order valence-electron chi connectivity index (χ4n) is 3.62. The van der Waals surface area contributed by atoms with Gasteiger partial charge in [-0.25, -0.2) is 9.97 Å². The van der Waals surface area contributed by atoms with E-state index >= 15 is 0 Å². The molecule has 3 heteroatoms. The molecule has 1 aromatic rings. The molecule has 1 rings (SSSR count). The number of unbranched alkanes of at least 4 members (excludes halogenated alkanes) is 17. The zero-order chi connectivity index (χ0) is 19.3. The lowest BCUT2D eigenvalue weighted by molar-refractivity contribution is 0.526. The van der Waals surface area contributed by atoms with E-state index in [4.69, 9.17) is 0 Å². The first-order valence-corrected chi connectivity index (χ1v) is 11.9. The van der Waals surface area contributed by atoms with Crippen LogP contribution in [0.1, 0.15) is 122 Å². The fourth-order valence-corrected chi connectivity index (χ4v) is 3.62. The maximum absolute atomic E-state index is 4.17. The summed E-state index contributed by atoms with van der Waals surface area (Å²) in [6.07, 6.45) is 29.2. The lowest BCUT2D eigenvalue weighted by Crippen LogP contribution is -2.04. The summed E-state index contributed by atoms with van der Waals surface area (Å²) < 4.78 is 0. The highest BCUT2D eigenvalue weighted by Gasteiger charge is 1.96. The van der Waals surface area contributed by atoms with Crippen molar-refractivity contribution in [3.05, 3.63) is 18.5 Å². The molecule has 0 aromatic carbocycles. The lowest BCUT2D eigenvalue weighted by atomic mass is 10.0. The van der Waals surface area contributed by atoms with Crippen LogP contribution < -0.4 is 5.32 Å². The van der Waals surface area contributed by atoms with Crippen molar-refractivity contribution in [1.82, 2.24) is 9.97 Å². The average Bonchev–Trinajstić information content (AvgIpc) is 2.70. The molecule has 0 fully saturated rings. The average molecular weight is 376 g/mol. The van der Waals surface area contributed by atoms with E-state index in [2.05, 4.69) is 22.2 Å². The Bertz CT molecular complexity index is 394. The summed E-state index contributed by atoms with van der Waals surface area (Å²) in [4.78, 5) is 8.35. The quantitative estimate of drug-likeness (QED) is 0.235.